The summed E-state index contributed by atoms with van der Waals surface area (Å²) in [6.45, 7) is 8.76. The molecule has 1 heterocycles. The van der Waals surface area contributed by atoms with Gasteiger partial charge in [0.15, 0.2) is 5.96 Å². The van der Waals surface area contributed by atoms with Gasteiger partial charge in [-0.05, 0) is 25.0 Å². The molecule has 0 aromatic heterocycles. The van der Waals surface area contributed by atoms with Gasteiger partial charge in [-0.2, -0.15) is 0 Å². The molecule has 0 saturated carbocycles. The minimum atomic E-state index is -0.149. The molecular formula is C17H28FIN4O. The van der Waals surface area contributed by atoms with E-state index >= 15 is 0 Å². The Labute approximate surface area is 161 Å². The molecule has 1 fully saturated rings. The number of aliphatic imine (C=N–C) groups is 1. The molecule has 0 amide bonds. The fourth-order valence-electron chi connectivity index (χ4n) is 2.49. The maximum absolute atomic E-state index is 13.6. The highest BCUT2D eigenvalue weighted by Crippen LogP contribution is 2.06. The molecule has 1 aliphatic heterocycles. The highest BCUT2D eigenvalue weighted by atomic mass is 127. The minimum absolute atomic E-state index is 0. The first kappa shape index (κ1) is 21.1. The molecule has 136 valence electrons. The van der Waals surface area contributed by atoms with Crippen LogP contribution in [0.4, 0.5) is 4.39 Å². The number of ether oxygens (including phenoxy) is 1. The van der Waals surface area contributed by atoms with E-state index < -0.39 is 0 Å². The third kappa shape index (κ3) is 7.76. The van der Waals surface area contributed by atoms with Crippen LogP contribution in [0.1, 0.15) is 12.5 Å². The Morgan fingerprint density at radius 1 is 1.25 bits per heavy atom. The fourth-order valence-corrected chi connectivity index (χ4v) is 2.49. The Kier molecular flexibility index (Phi) is 10.9. The number of nitrogens with zero attached hydrogens (tertiary/aromatic N) is 2. The molecule has 0 unspecified atom stereocenters. The van der Waals surface area contributed by atoms with Crippen LogP contribution in [0.2, 0.25) is 0 Å². The Bertz CT molecular complexity index is 495. The maximum Gasteiger partial charge on any atom is 0.191 e. The zero-order valence-corrected chi connectivity index (χ0v) is 16.6. The number of benzene rings is 1. The first-order chi connectivity index (χ1) is 11.3. The second-order valence-electron chi connectivity index (χ2n) is 5.48. The van der Waals surface area contributed by atoms with Crippen molar-refractivity contribution in [2.75, 3.05) is 52.5 Å². The van der Waals surface area contributed by atoms with E-state index in [0.29, 0.717) is 13.0 Å². The van der Waals surface area contributed by atoms with Gasteiger partial charge in [-0.25, -0.2) is 4.39 Å². The zero-order chi connectivity index (χ0) is 16.3. The lowest BCUT2D eigenvalue weighted by Gasteiger charge is -2.25. The SMILES string of the molecule is CCNC(=NCCN1CCOCC1)NCCc1ccccc1F.I. The lowest BCUT2D eigenvalue weighted by molar-refractivity contribution is 0.0394. The van der Waals surface area contributed by atoms with Crippen LogP contribution in [-0.2, 0) is 11.2 Å². The van der Waals surface area contributed by atoms with Crippen LogP contribution in [-0.4, -0.2) is 63.3 Å². The van der Waals surface area contributed by atoms with E-state index in [0.717, 1.165) is 57.5 Å². The van der Waals surface area contributed by atoms with Crippen LogP contribution in [0.25, 0.3) is 0 Å². The predicted molar refractivity (Wildman–Crippen MR) is 107 cm³/mol. The van der Waals surface area contributed by atoms with E-state index in [2.05, 4.69) is 20.5 Å². The monoisotopic (exact) mass is 450 g/mol. The first-order valence-electron chi connectivity index (χ1n) is 8.35. The summed E-state index contributed by atoms with van der Waals surface area (Å²) in [6, 6.07) is 6.89. The van der Waals surface area contributed by atoms with E-state index in [1.165, 1.54) is 6.07 Å². The lowest BCUT2D eigenvalue weighted by Crippen LogP contribution is -2.40. The third-order valence-corrected chi connectivity index (χ3v) is 3.78. The van der Waals surface area contributed by atoms with E-state index in [9.17, 15) is 4.39 Å². The molecule has 2 rings (SSSR count). The van der Waals surface area contributed by atoms with Crippen molar-refractivity contribution in [1.82, 2.24) is 15.5 Å². The molecule has 0 spiro atoms. The zero-order valence-electron chi connectivity index (χ0n) is 14.3. The van der Waals surface area contributed by atoms with Gasteiger partial charge >= 0.3 is 0 Å². The average Bonchev–Trinajstić information content (AvgIpc) is 2.57. The second kappa shape index (κ2) is 12.4. The average molecular weight is 450 g/mol. The van der Waals surface area contributed by atoms with Crippen molar-refractivity contribution < 1.29 is 9.13 Å². The number of halogens is 2. The molecule has 1 aliphatic rings. The summed E-state index contributed by atoms with van der Waals surface area (Å²) in [5.74, 6) is 0.639. The summed E-state index contributed by atoms with van der Waals surface area (Å²) in [5.41, 5.74) is 0.726. The normalized spacial score (nSPS) is 15.7. The Hall–Kier alpha value is -0.930. The topological polar surface area (TPSA) is 48.9 Å². The molecule has 1 aromatic rings. The van der Waals surface area contributed by atoms with Crippen LogP contribution in [0.15, 0.2) is 29.3 Å². The van der Waals surface area contributed by atoms with E-state index in [1.54, 1.807) is 6.07 Å². The summed E-state index contributed by atoms with van der Waals surface area (Å²) in [6.07, 6.45) is 0.639. The number of rotatable bonds is 7. The maximum atomic E-state index is 13.6. The number of nitrogens with one attached hydrogen (secondary N) is 2. The van der Waals surface area contributed by atoms with Crippen molar-refractivity contribution in [2.45, 2.75) is 13.3 Å². The second-order valence-corrected chi connectivity index (χ2v) is 5.48. The Morgan fingerprint density at radius 2 is 2.00 bits per heavy atom. The van der Waals surface area contributed by atoms with Crippen molar-refractivity contribution in [3.63, 3.8) is 0 Å². The molecule has 7 heteroatoms. The van der Waals surface area contributed by atoms with Gasteiger partial charge in [-0.3, -0.25) is 9.89 Å². The molecule has 2 N–H and O–H groups in total. The van der Waals surface area contributed by atoms with E-state index in [4.69, 9.17) is 4.74 Å². The summed E-state index contributed by atoms with van der Waals surface area (Å²) >= 11 is 0. The smallest absolute Gasteiger partial charge is 0.191 e. The van der Waals surface area contributed by atoms with E-state index in [-0.39, 0.29) is 29.8 Å². The molecule has 0 atom stereocenters. The van der Waals surface area contributed by atoms with Crippen molar-refractivity contribution >= 4 is 29.9 Å². The van der Waals surface area contributed by atoms with Crippen LogP contribution in [0, 0.1) is 5.82 Å². The molecule has 1 saturated heterocycles. The lowest BCUT2D eigenvalue weighted by atomic mass is 10.1. The molecule has 0 bridgehead atoms. The fraction of sp³-hybridized carbons (Fsp3) is 0.588. The van der Waals surface area contributed by atoms with Crippen molar-refractivity contribution in [3.8, 4) is 0 Å². The minimum Gasteiger partial charge on any atom is -0.379 e. The number of morpholine rings is 1. The van der Waals surface area contributed by atoms with Gasteiger partial charge in [0.2, 0.25) is 0 Å². The van der Waals surface area contributed by atoms with Gasteiger partial charge in [0.25, 0.3) is 0 Å². The quantitative estimate of drug-likeness (QED) is 0.379. The summed E-state index contributed by atoms with van der Waals surface area (Å²) in [5, 5.41) is 6.49. The number of hydrogen-bond donors (Lipinski definition) is 2. The Morgan fingerprint density at radius 3 is 2.71 bits per heavy atom. The summed E-state index contributed by atoms with van der Waals surface area (Å²) in [4.78, 5) is 6.94. The standard InChI is InChI=1S/C17H27FN4O.HI/c1-2-19-17(21-9-10-22-11-13-23-14-12-22)20-8-7-15-5-3-4-6-16(15)18;/h3-6H,2,7-14H2,1H3,(H2,19,20,21);1H. The highest BCUT2D eigenvalue weighted by molar-refractivity contribution is 14.0. The largest absolute Gasteiger partial charge is 0.379 e. The van der Waals surface area contributed by atoms with Gasteiger partial charge in [-0.1, -0.05) is 18.2 Å². The van der Waals surface area contributed by atoms with Gasteiger partial charge in [0, 0.05) is 32.7 Å². The van der Waals surface area contributed by atoms with Crippen LogP contribution in [0.3, 0.4) is 0 Å². The van der Waals surface area contributed by atoms with Crippen LogP contribution >= 0.6 is 24.0 Å². The van der Waals surface area contributed by atoms with Gasteiger partial charge < -0.3 is 15.4 Å². The van der Waals surface area contributed by atoms with E-state index in [1.807, 2.05) is 19.1 Å². The predicted octanol–water partition coefficient (Wildman–Crippen LogP) is 1.87. The first-order valence-corrected chi connectivity index (χ1v) is 8.35. The molecule has 1 aromatic carbocycles. The van der Waals surface area contributed by atoms with Crippen LogP contribution in [0.5, 0.6) is 0 Å². The van der Waals surface area contributed by atoms with Crippen LogP contribution < -0.4 is 10.6 Å². The summed E-state index contributed by atoms with van der Waals surface area (Å²) < 4.78 is 18.9. The molecule has 0 aliphatic carbocycles. The third-order valence-electron chi connectivity index (χ3n) is 3.78. The van der Waals surface area contributed by atoms with Crippen molar-refractivity contribution in [1.29, 1.82) is 0 Å². The van der Waals surface area contributed by atoms with Crippen molar-refractivity contribution in [2.24, 2.45) is 4.99 Å². The molecule has 24 heavy (non-hydrogen) atoms. The highest BCUT2D eigenvalue weighted by Gasteiger charge is 2.09. The van der Waals surface area contributed by atoms with Crippen molar-refractivity contribution in [3.05, 3.63) is 35.6 Å². The number of guanidine groups is 1. The summed E-state index contributed by atoms with van der Waals surface area (Å²) in [7, 11) is 0. The Balaban J connectivity index is 0.00000288. The van der Waals surface area contributed by atoms with Gasteiger partial charge in [0.1, 0.15) is 5.82 Å². The van der Waals surface area contributed by atoms with Gasteiger partial charge in [-0.15, -0.1) is 24.0 Å². The molecule has 5 nitrogen and oxygen atoms in total. The molecular weight excluding hydrogens is 422 g/mol. The van der Waals surface area contributed by atoms with Gasteiger partial charge in [0.05, 0.1) is 19.8 Å². The molecule has 0 radical (unpaired) electrons. The number of hydrogen-bond acceptors (Lipinski definition) is 3.